The van der Waals surface area contributed by atoms with Crippen LogP contribution in [0.25, 0.3) is 11.2 Å². The third kappa shape index (κ3) is 5.55. The third-order valence-corrected chi connectivity index (χ3v) is 4.69. The summed E-state index contributed by atoms with van der Waals surface area (Å²) in [5, 5.41) is 12.0. The second kappa shape index (κ2) is 9.84. The van der Waals surface area contributed by atoms with Crippen LogP contribution in [-0.4, -0.2) is 33.4 Å². The number of nitrogens with one attached hydrogen (secondary N) is 1. The summed E-state index contributed by atoms with van der Waals surface area (Å²) >= 11 is 0. The summed E-state index contributed by atoms with van der Waals surface area (Å²) in [6.45, 7) is 0.877. The Balaban J connectivity index is 1.23. The average Bonchev–Trinajstić information content (AvgIpc) is 3.21. The quantitative estimate of drug-likeness (QED) is 0.393. The molecule has 0 radical (unpaired) electrons. The van der Waals surface area contributed by atoms with Crippen LogP contribution in [0.15, 0.2) is 71.1 Å². The number of carboxylic acids is 1. The first-order valence-corrected chi connectivity index (χ1v) is 10.0. The van der Waals surface area contributed by atoms with Gasteiger partial charge in [-0.25, -0.2) is 14.8 Å². The van der Waals surface area contributed by atoms with Gasteiger partial charge in [0.05, 0.1) is 13.1 Å². The lowest BCUT2D eigenvalue weighted by atomic mass is 10.1. The summed E-state index contributed by atoms with van der Waals surface area (Å²) in [4.78, 5) is 31.4. The van der Waals surface area contributed by atoms with Crippen molar-refractivity contribution in [1.29, 1.82) is 0 Å². The van der Waals surface area contributed by atoms with E-state index in [4.69, 9.17) is 14.3 Å². The Morgan fingerprint density at radius 2 is 1.72 bits per heavy atom. The molecular weight excluding hydrogens is 410 g/mol. The van der Waals surface area contributed by atoms with Crippen LogP contribution in [0.5, 0.6) is 5.75 Å². The summed E-state index contributed by atoms with van der Waals surface area (Å²) < 4.78 is 11.2. The number of carbonyl (C=O) groups excluding carboxylic acids is 1. The van der Waals surface area contributed by atoms with Crippen molar-refractivity contribution in [3.8, 4) is 5.75 Å². The number of carboxylic acid groups (broad SMARTS) is 1. The Kier molecular flexibility index (Phi) is 6.52. The van der Waals surface area contributed by atoms with Crippen molar-refractivity contribution in [2.45, 2.75) is 19.6 Å². The van der Waals surface area contributed by atoms with E-state index in [0.717, 1.165) is 16.9 Å². The Hall–Kier alpha value is -4.04. The van der Waals surface area contributed by atoms with Crippen LogP contribution in [0.3, 0.4) is 0 Å². The summed E-state index contributed by atoms with van der Waals surface area (Å²) in [6.07, 6.45) is 0.295. The van der Waals surface area contributed by atoms with E-state index in [-0.39, 0.29) is 30.3 Å². The fourth-order valence-corrected chi connectivity index (χ4v) is 3.10. The zero-order valence-electron chi connectivity index (χ0n) is 17.2. The average molecular weight is 431 g/mol. The van der Waals surface area contributed by atoms with Crippen LogP contribution in [0.4, 0.5) is 0 Å². The van der Waals surface area contributed by atoms with E-state index in [1.807, 2.05) is 54.6 Å². The van der Waals surface area contributed by atoms with E-state index in [1.165, 1.54) is 12.1 Å². The number of ether oxygens (including phenoxy) is 1. The molecule has 0 saturated heterocycles. The fraction of sp³-hybridized carbons (Fsp3) is 0.167. The number of carbonyl (C=O) groups is 2. The molecule has 0 unspecified atom stereocenters. The molecule has 0 aliphatic rings. The predicted octanol–water partition coefficient (Wildman–Crippen LogP) is 3.40. The molecule has 2 heterocycles. The molecule has 32 heavy (non-hydrogen) atoms. The first-order chi connectivity index (χ1) is 15.6. The summed E-state index contributed by atoms with van der Waals surface area (Å²) in [7, 11) is 0. The van der Waals surface area contributed by atoms with Gasteiger partial charge in [0.2, 0.25) is 11.6 Å². The van der Waals surface area contributed by atoms with E-state index in [0.29, 0.717) is 24.4 Å². The molecule has 4 rings (SSSR count). The number of hydrogen-bond acceptors (Lipinski definition) is 7. The monoisotopic (exact) mass is 431 g/mol. The normalized spacial score (nSPS) is 10.9. The molecule has 0 saturated carbocycles. The number of fused-ring (bicyclic) bond motifs is 1. The minimum absolute atomic E-state index is 0.0188. The zero-order valence-corrected chi connectivity index (χ0v) is 17.2. The molecule has 8 heteroatoms. The van der Waals surface area contributed by atoms with Gasteiger partial charge in [-0.15, -0.1) is 0 Å². The van der Waals surface area contributed by atoms with Crippen LogP contribution >= 0.6 is 0 Å². The van der Waals surface area contributed by atoms with Crippen LogP contribution in [0, 0.1) is 0 Å². The van der Waals surface area contributed by atoms with E-state index < -0.39 is 5.97 Å². The third-order valence-electron chi connectivity index (χ3n) is 4.69. The molecular formula is C24H21N3O5. The van der Waals surface area contributed by atoms with E-state index in [9.17, 15) is 9.59 Å². The van der Waals surface area contributed by atoms with Crippen molar-refractivity contribution in [2.24, 2.45) is 0 Å². The molecule has 162 valence electrons. The summed E-state index contributed by atoms with van der Waals surface area (Å²) in [6, 6.07) is 20.3. The van der Waals surface area contributed by atoms with Gasteiger partial charge in [-0.2, -0.15) is 0 Å². The van der Waals surface area contributed by atoms with Crippen LogP contribution < -0.4 is 10.1 Å². The first-order valence-electron chi connectivity index (χ1n) is 10.0. The zero-order chi connectivity index (χ0) is 22.3. The van der Waals surface area contributed by atoms with Gasteiger partial charge in [-0.3, -0.25) is 4.79 Å². The van der Waals surface area contributed by atoms with Crippen molar-refractivity contribution < 1.29 is 23.8 Å². The van der Waals surface area contributed by atoms with Gasteiger partial charge in [0.15, 0.2) is 11.5 Å². The van der Waals surface area contributed by atoms with Gasteiger partial charge in [0, 0.05) is 6.42 Å². The molecule has 0 aliphatic heterocycles. The molecule has 2 aromatic carbocycles. The van der Waals surface area contributed by atoms with Crippen molar-refractivity contribution in [1.82, 2.24) is 15.3 Å². The summed E-state index contributed by atoms with van der Waals surface area (Å²) in [5.41, 5.74) is 2.50. The lowest BCUT2D eigenvalue weighted by Gasteiger charge is -2.07. The number of ketones is 1. The lowest BCUT2D eigenvalue weighted by molar-refractivity contribution is -0.117. The number of hydrogen-bond donors (Lipinski definition) is 2. The molecule has 4 aromatic rings. The SMILES string of the molecule is O=C(CNCc1nc2ccc(C(=O)O)nc2o1)Cc1ccc(OCc2ccccc2)cc1. The Bertz CT molecular complexity index is 1220. The lowest BCUT2D eigenvalue weighted by Crippen LogP contribution is -2.23. The van der Waals surface area contributed by atoms with Crippen LogP contribution in [0.2, 0.25) is 0 Å². The minimum atomic E-state index is -1.13. The Labute approximate surface area is 183 Å². The van der Waals surface area contributed by atoms with Gasteiger partial charge in [0.25, 0.3) is 0 Å². The molecule has 0 spiro atoms. The standard InChI is InChI=1S/C24H21N3O5/c28-18(12-16-6-8-19(9-7-16)31-15-17-4-2-1-3-5-17)13-25-14-22-26-20-10-11-21(24(29)30)27-23(20)32-22/h1-11,25H,12-15H2,(H,29,30). The van der Waals surface area contributed by atoms with Gasteiger partial charge in [-0.05, 0) is 35.4 Å². The molecule has 0 amide bonds. The maximum atomic E-state index is 12.3. The number of nitrogens with zero attached hydrogens (tertiary/aromatic N) is 2. The first kappa shape index (κ1) is 21.2. The molecule has 2 N–H and O–H groups in total. The number of Topliss-reactive ketones (excluding diaryl/α,β-unsaturated/α-hetero) is 1. The molecule has 0 fully saturated rings. The van der Waals surface area contributed by atoms with Gasteiger partial charge < -0.3 is 19.6 Å². The number of benzene rings is 2. The number of aromatic carboxylic acids is 1. The van der Waals surface area contributed by atoms with E-state index in [1.54, 1.807) is 0 Å². The number of aromatic nitrogens is 2. The van der Waals surface area contributed by atoms with E-state index in [2.05, 4.69) is 15.3 Å². The largest absolute Gasteiger partial charge is 0.489 e. The van der Waals surface area contributed by atoms with Gasteiger partial charge in [0.1, 0.15) is 17.9 Å². The number of oxazole rings is 1. The maximum absolute atomic E-state index is 12.3. The van der Waals surface area contributed by atoms with Crippen LogP contribution in [-0.2, 0) is 24.4 Å². The maximum Gasteiger partial charge on any atom is 0.354 e. The van der Waals surface area contributed by atoms with Gasteiger partial charge in [-0.1, -0.05) is 42.5 Å². The fourth-order valence-electron chi connectivity index (χ4n) is 3.10. The number of rotatable bonds is 10. The van der Waals surface area contributed by atoms with Crippen molar-refractivity contribution in [3.05, 3.63) is 89.4 Å². The molecule has 8 nitrogen and oxygen atoms in total. The predicted molar refractivity (Wildman–Crippen MR) is 116 cm³/mol. The number of pyridine rings is 1. The van der Waals surface area contributed by atoms with Gasteiger partial charge >= 0.3 is 5.97 Å². The highest BCUT2D eigenvalue weighted by atomic mass is 16.5. The minimum Gasteiger partial charge on any atom is -0.489 e. The highest BCUT2D eigenvalue weighted by molar-refractivity contribution is 5.87. The Morgan fingerprint density at radius 3 is 2.47 bits per heavy atom. The smallest absolute Gasteiger partial charge is 0.354 e. The highest BCUT2D eigenvalue weighted by Gasteiger charge is 2.12. The second-order valence-electron chi connectivity index (χ2n) is 7.17. The Morgan fingerprint density at radius 1 is 0.938 bits per heavy atom. The van der Waals surface area contributed by atoms with Crippen molar-refractivity contribution in [2.75, 3.05) is 6.54 Å². The van der Waals surface area contributed by atoms with Crippen molar-refractivity contribution in [3.63, 3.8) is 0 Å². The van der Waals surface area contributed by atoms with Crippen molar-refractivity contribution >= 4 is 23.0 Å². The molecule has 0 bridgehead atoms. The van der Waals surface area contributed by atoms with Crippen LogP contribution in [0.1, 0.15) is 27.5 Å². The molecule has 2 aromatic heterocycles. The topological polar surface area (TPSA) is 115 Å². The molecule has 0 atom stereocenters. The molecule has 0 aliphatic carbocycles. The second-order valence-corrected chi connectivity index (χ2v) is 7.17. The van der Waals surface area contributed by atoms with E-state index >= 15 is 0 Å². The summed E-state index contributed by atoms with van der Waals surface area (Å²) in [5.74, 6) is -0.0312. The highest BCUT2D eigenvalue weighted by Crippen LogP contribution is 2.16.